The lowest BCUT2D eigenvalue weighted by Crippen LogP contribution is -2.42. The van der Waals surface area contributed by atoms with E-state index < -0.39 is 0 Å². The predicted molar refractivity (Wildman–Crippen MR) is 70.1 cm³/mol. The first-order valence-corrected chi connectivity index (χ1v) is 6.39. The van der Waals surface area contributed by atoms with Crippen molar-refractivity contribution in [3.63, 3.8) is 0 Å². The van der Waals surface area contributed by atoms with Gasteiger partial charge in [0.2, 0.25) is 5.91 Å². The lowest BCUT2D eigenvalue weighted by Gasteiger charge is -2.23. The number of likely N-dealkylation sites (N-methyl/N-ethyl adjacent to an activating group) is 1. The van der Waals surface area contributed by atoms with Crippen molar-refractivity contribution in [2.24, 2.45) is 0 Å². The van der Waals surface area contributed by atoms with Crippen LogP contribution in [0.3, 0.4) is 0 Å². The van der Waals surface area contributed by atoms with Crippen molar-refractivity contribution < 1.29 is 4.79 Å². The van der Waals surface area contributed by atoms with Crippen LogP contribution in [-0.2, 0) is 11.2 Å². The molecular weight excluding hydrogens is 212 g/mol. The Kier molecular flexibility index (Phi) is 3.67. The second-order valence-corrected chi connectivity index (χ2v) is 4.48. The Bertz CT molecular complexity index is 378. The van der Waals surface area contributed by atoms with Crippen LogP contribution in [0.4, 0.5) is 5.69 Å². The maximum absolute atomic E-state index is 12.3. The Balaban J connectivity index is 2.04. The molecule has 1 unspecified atom stereocenters. The summed E-state index contributed by atoms with van der Waals surface area (Å²) in [6.07, 6.45) is 1.83. The Morgan fingerprint density at radius 1 is 1.41 bits per heavy atom. The highest BCUT2D eigenvalue weighted by molar-refractivity contribution is 5.87. The average Bonchev–Trinajstić information content (AvgIpc) is 2.78. The topological polar surface area (TPSA) is 32.3 Å². The number of nitrogens with zero attached hydrogens (tertiary/aromatic N) is 1. The summed E-state index contributed by atoms with van der Waals surface area (Å²) >= 11 is 0. The van der Waals surface area contributed by atoms with E-state index in [9.17, 15) is 4.79 Å². The van der Waals surface area contributed by atoms with E-state index in [1.54, 1.807) is 0 Å². The molecule has 1 aliphatic rings. The van der Waals surface area contributed by atoms with Gasteiger partial charge < -0.3 is 10.2 Å². The van der Waals surface area contributed by atoms with Crippen molar-refractivity contribution >= 4 is 11.6 Å². The largest absolute Gasteiger partial charge is 0.373 e. The minimum absolute atomic E-state index is 0.0705. The highest BCUT2D eigenvalue weighted by Crippen LogP contribution is 2.25. The molecule has 0 radical (unpaired) electrons. The Morgan fingerprint density at radius 2 is 2.18 bits per heavy atom. The highest BCUT2D eigenvalue weighted by atomic mass is 16.2. The zero-order valence-electron chi connectivity index (χ0n) is 10.6. The molecule has 3 nitrogen and oxygen atoms in total. The zero-order chi connectivity index (χ0) is 12.3. The van der Waals surface area contributed by atoms with Gasteiger partial charge in [0.05, 0.1) is 0 Å². The number of amides is 1. The second-order valence-electron chi connectivity index (χ2n) is 4.48. The molecule has 17 heavy (non-hydrogen) atoms. The summed E-state index contributed by atoms with van der Waals surface area (Å²) in [6, 6.07) is 8.09. The van der Waals surface area contributed by atoms with Gasteiger partial charge in [-0.25, -0.2) is 0 Å². The van der Waals surface area contributed by atoms with Crippen LogP contribution in [0.2, 0.25) is 0 Å². The SMILES string of the molecule is CCCN(CC)C(=O)C1Cc2ccccc2N1. The van der Waals surface area contributed by atoms with Gasteiger partial charge in [-0.05, 0) is 25.0 Å². The van der Waals surface area contributed by atoms with Crippen molar-refractivity contribution in [2.45, 2.75) is 32.7 Å². The molecule has 1 N–H and O–H groups in total. The average molecular weight is 232 g/mol. The molecule has 3 heteroatoms. The molecule has 1 amide bonds. The molecule has 0 saturated heterocycles. The molecular formula is C14H20N2O. The van der Waals surface area contributed by atoms with E-state index in [4.69, 9.17) is 0 Å². The standard InChI is InChI=1S/C14H20N2O/c1-3-9-16(4-2)14(17)13-10-11-7-5-6-8-12(11)15-13/h5-8,13,15H,3-4,9-10H2,1-2H3. The first-order chi connectivity index (χ1) is 8.26. The number of hydrogen-bond acceptors (Lipinski definition) is 2. The quantitative estimate of drug-likeness (QED) is 0.863. The molecule has 1 aromatic rings. The lowest BCUT2D eigenvalue weighted by atomic mass is 10.1. The number of rotatable bonds is 4. The predicted octanol–water partition coefficient (Wildman–Crippen LogP) is 2.28. The molecule has 1 aliphatic heterocycles. The van der Waals surface area contributed by atoms with Crippen LogP contribution in [0.1, 0.15) is 25.8 Å². The van der Waals surface area contributed by atoms with Gasteiger partial charge in [-0.15, -0.1) is 0 Å². The monoisotopic (exact) mass is 232 g/mol. The summed E-state index contributed by atoms with van der Waals surface area (Å²) in [4.78, 5) is 14.2. The molecule has 0 bridgehead atoms. The fourth-order valence-corrected chi connectivity index (χ4v) is 2.36. The molecule has 1 atom stereocenters. The van der Waals surface area contributed by atoms with Gasteiger partial charge in [0, 0.05) is 25.2 Å². The van der Waals surface area contributed by atoms with Gasteiger partial charge in [-0.2, -0.15) is 0 Å². The number of carbonyl (C=O) groups is 1. The molecule has 2 rings (SSSR count). The number of anilines is 1. The maximum atomic E-state index is 12.3. The van der Waals surface area contributed by atoms with E-state index in [2.05, 4.69) is 18.3 Å². The number of nitrogens with one attached hydrogen (secondary N) is 1. The lowest BCUT2D eigenvalue weighted by molar-refractivity contribution is -0.131. The fraction of sp³-hybridized carbons (Fsp3) is 0.500. The van der Waals surface area contributed by atoms with E-state index in [1.807, 2.05) is 30.0 Å². The smallest absolute Gasteiger partial charge is 0.245 e. The fourth-order valence-electron chi connectivity index (χ4n) is 2.36. The van der Waals surface area contributed by atoms with Crippen LogP contribution in [-0.4, -0.2) is 29.9 Å². The van der Waals surface area contributed by atoms with E-state index in [0.29, 0.717) is 0 Å². The molecule has 0 spiro atoms. The van der Waals surface area contributed by atoms with Crippen molar-refractivity contribution in [3.8, 4) is 0 Å². The van der Waals surface area contributed by atoms with Gasteiger partial charge in [0.25, 0.3) is 0 Å². The van der Waals surface area contributed by atoms with Crippen molar-refractivity contribution in [3.05, 3.63) is 29.8 Å². The number of para-hydroxylation sites is 1. The van der Waals surface area contributed by atoms with Crippen molar-refractivity contribution in [1.82, 2.24) is 4.90 Å². The first-order valence-electron chi connectivity index (χ1n) is 6.39. The maximum Gasteiger partial charge on any atom is 0.245 e. The highest BCUT2D eigenvalue weighted by Gasteiger charge is 2.28. The van der Waals surface area contributed by atoms with Crippen molar-refractivity contribution in [1.29, 1.82) is 0 Å². The minimum Gasteiger partial charge on any atom is -0.373 e. The Hall–Kier alpha value is -1.51. The van der Waals surface area contributed by atoms with Gasteiger partial charge >= 0.3 is 0 Å². The summed E-state index contributed by atoms with van der Waals surface area (Å²) in [5.74, 6) is 0.227. The van der Waals surface area contributed by atoms with Crippen LogP contribution in [0.25, 0.3) is 0 Å². The van der Waals surface area contributed by atoms with Crippen LogP contribution in [0, 0.1) is 0 Å². The van der Waals surface area contributed by atoms with Gasteiger partial charge in [-0.1, -0.05) is 25.1 Å². The van der Waals surface area contributed by atoms with E-state index in [-0.39, 0.29) is 11.9 Å². The molecule has 1 heterocycles. The summed E-state index contributed by atoms with van der Waals surface area (Å²) in [5, 5.41) is 3.32. The minimum atomic E-state index is -0.0705. The van der Waals surface area contributed by atoms with Crippen LogP contribution in [0.15, 0.2) is 24.3 Å². The molecule has 0 fully saturated rings. The molecule has 0 aromatic heterocycles. The van der Waals surface area contributed by atoms with E-state index in [0.717, 1.165) is 31.6 Å². The summed E-state index contributed by atoms with van der Waals surface area (Å²) in [7, 11) is 0. The molecule has 0 saturated carbocycles. The zero-order valence-corrected chi connectivity index (χ0v) is 10.6. The van der Waals surface area contributed by atoms with Crippen LogP contribution in [0.5, 0.6) is 0 Å². The molecule has 0 aliphatic carbocycles. The molecule has 92 valence electrons. The third-order valence-corrected chi connectivity index (χ3v) is 3.26. The number of carbonyl (C=O) groups excluding carboxylic acids is 1. The van der Waals surface area contributed by atoms with Gasteiger partial charge in [0.15, 0.2) is 0 Å². The summed E-state index contributed by atoms with van der Waals surface area (Å²) in [5.41, 5.74) is 2.36. The Morgan fingerprint density at radius 3 is 2.82 bits per heavy atom. The number of fused-ring (bicyclic) bond motifs is 1. The van der Waals surface area contributed by atoms with Crippen molar-refractivity contribution in [2.75, 3.05) is 18.4 Å². The summed E-state index contributed by atoms with van der Waals surface area (Å²) < 4.78 is 0. The summed E-state index contributed by atoms with van der Waals surface area (Å²) in [6.45, 7) is 5.79. The normalized spacial score (nSPS) is 17.4. The molecule has 1 aromatic carbocycles. The van der Waals surface area contributed by atoms with Crippen LogP contribution < -0.4 is 5.32 Å². The first kappa shape index (κ1) is 12.0. The number of benzene rings is 1. The second kappa shape index (κ2) is 5.21. The van der Waals surface area contributed by atoms with Crippen LogP contribution >= 0.6 is 0 Å². The van der Waals surface area contributed by atoms with E-state index in [1.165, 1.54) is 5.56 Å². The van der Waals surface area contributed by atoms with Gasteiger partial charge in [0.1, 0.15) is 6.04 Å². The Labute approximate surface area is 103 Å². The van der Waals surface area contributed by atoms with E-state index >= 15 is 0 Å². The number of hydrogen-bond donors (Lipinski definition) is 1. The third-order valence-electron chi connectivity index (χ3n) is 3.26. The van der Waals surface area contributed by atoms with Gasteiger partial charge in [-0.3, -0.25) is 4.79 Å². The third kappa shape index (κ3) is 2.43.